The summed E-state index contributed by atoms with van der Waals surface area (Å²) < 4.78 is 0. The van der Waals surface area contributed by atoms with E-state index in [0.717, 1.165) is 24.9 Å². The van der Waals surface area contributed by atoms with Gasteiger partial charge >= 0.3 is 0 Å². The van der Waals surface area contributed by atoms with Gasteiger partial charge in [0.1, 0.15) is 0 Å². The highest BCUT2D eigenvalue weighted by Crippen LogP contribution is 2.26. The zero-order valence-electron chi connectivity index (χ0n) is 12.3. The van der Waals surface area contributed by atoms with E-state index < -0.39 is 0 Å². The first-order valence-electron chi connectivity index (χ1n) is 7.45. The van der Waals surface area contributed by atoms with E-state index in [-0.39, 0.29) is 24.2 Å². The lowest BCUT2D eigenvalue weighted by Gasteiger charge is -2.16. The number of anilines is 1. The largest absolute Gasteiger partial charge is 0.356 e. The highest BCUT2D eigenvalue weighted by Gasteiger charge is 2.34. The zero-order valence-corrected chi connectivity index (χ0v) is 13.0. The Morgan fingerprint density at radius 1 is 1.33 bits per heavy atom. The lowest BCUT2D eigenvalue weighted by Crippen LogP contribution is -2.33. The van der Waals surface area contributed by atoms with Crippen LogP contribution in [0.2, 0.25) is 5.02 Å². The van der Waals surface area contributed by atoms with Crippen LogP contribution in [0.15, 0.2) is 24.3 Å². The summed E-state index contributed by atoms with van der Waals surface area (Å²) in [5.41, 5.74) is 0.797. The normalized spacial score (nSPS) is 18.1. The summed E-state index contributed by atoms with van der Waals surface area (Å²) >= 11 is 5.85. The van der Waals surface area contributed by atoms with Gasteiger partial charge in [0.05, 0.1) is 5.92 Å². The quantitative estimate of drug-likeness (QED) is 0.821. The van der Waals surface area contributed by atoms with Gasteiger partial charge in [-0.25, -0.2) is 0 Å². The third kappa shape index (κ3) is 4.21. The summed E-state index contributed by atoms with van der Waals surface area (Å²) in [5, 5.41) is 3.56. The molecule has 1 atom stereocenters. The Hall–Kier alpha value is -1.55. The molecule has 1 aromatic rings. The van der Waals surface area contributed by atoms with Crippen LogP contribution < -0.4 is 10.2 Å². The topological polar surface area (TPSA) is 49.4 Å². The third-order valence-electron chi connectivity index (χ3n) is 3.71. The summed E-state index contributed by atoms with van der Waals surface area (Å²) in [7, 11) is 0. The van der Waals surface area contributed by atoms with E-state index in [2.05, 4.69) is 12.2 Å². The summed E-state index contributed by atoms with van der Waals surface area (Å²) in [6, 6.07) is 7.12. The molecule has 4 nitrogen and oxygen atoms in total. The minimum absolute atomic E-state index is 0.00830. The van der Waals surface area contributed by atoms with Gasteiger partial charge in [0.2, 0.25) is 11.8 Å². The van der Waals surface area contributed by atoms with E-state index >= 15 is 0 Å². The molecule has 0 aromatic heterocycles. The Labute approximate surface area is 130 Å². The van der Waals surface area contributed by atoms with E-state index in [1.165, 1.54) is 0 Å². The van der Waals surface area contributed by atoms with Crippen molar-refractivity contribution in [1.29, 1.82) is 0 Å². The second kappa shape index (κ2) is 7.46. The molecule has 0 radical (unpaired) electrons. The van der Waals surface area contributed by atoms with Gasteiger partial charge in [0, 0.05) is 30.2 Å². The number of carbonyl (C=O) groups is 2. The fourth-order valence-electron chi connectivity index (χ4n) is 2.48. The van der Waals surface area contributed by atoms with Gasteiger partial charge in [0.25, 0.3) is 0 Å². The van der Waals surface area contributed by atoms with E-state index in [9.17, 15) is 9.59 Å². The summed E-state index contributed by atoms with van der Waals surface area (Å²) in [4.78, 5) is 25.8. The number of rotatable bonds is 6. The predicted molar refractivity (Wildman–Crippen MR) is 84.4 cm³/mol. The van der Waals surface area contributed by atoms with Crippen LogP contribution in [0.5, 0.6) is 0 Å². The summed E-state index contributed by atoms with van der Waals surface area (Å²) in [5.74, 6) is -0.281. The Kier molecular flexibility index (Phi) is 5.62. The van der Waals surface area contributed by atoms with Crippen molar-refractivity contribution in [2.45, 2.75) is 32.6 Å². The lowest BCUT2D eigenvalue weighted by atomic mass is 10.1. The molecule has 1 heterocycles. The van der Waals surface area contributed by atoms with Crippen molar-refractivity contribution in [2.75, 3.05) is 18.0 Å². The molecule has 0 aliphatic carbocycles. The average molecular weight is 309 g/mol. The molecule has 1 saturated heterocycles. The van der Waals surface area contributed by atoms with Crippen molar-refractivity contribution in [3.63, 3.8) is 0 Å². The first-order valence-corrected chi connectivity index (χ1v) is 7.83. The number of benzene rings is 1. The monoisotopic (exact) mass is 308 g/mol. The van der Waals surface area contributed by atoms with E-state index in [1.54, 1.807) is 17.0 Å². The van der Waals surface area contributed by atoms with Crippen LogP contribution in [0.3, 0.4) is 0 Å². The minimum Gasteiger partial charge on any atom is -0.356 e. The number of nitrogens with zero attached hydrogens (tertiary/aromatic N) is 1. The molecule has 2 amide bonds. The van der Waals surface area contributed by atoms with Crippen LogP contribution in [0.1, 0.15) is 32.6 Å². The Morgan fingerprint density at radius 2 is 2.05 bits per heavy atom. The molecule has 1 aliphatic rings. The Morgan fingerprint density at radius 3 is 2.71 bits per heavy atom. The van der Waals surface area contributed by atoms with Gasteiger partial charge in [-0.3, -0.25) is 9.59 Å². The maximum Gasteiger partial charge on any atom is 0.227 e. The number of halogens is 1. The highest BCUT2D eigenvalue weighted by molar-refractivity contribution is 6.30. The molecule has 0 spiro atoms. The van der Waals surface area contributed by atoms with Crippen molar-refractivity contribution >= 4 is 29.1 Å². The molecule has 21 heavy (non-hydrogen) atoms. The molecule has 1 N–H and O–H groups in total. The van der Waals surface area contributed by atoms with Gasteiger partial charge < -0.3 is 10.2 Å². The number of hydrogen-bond donors (Lipinski definition) is 1. The van der Waals surface area contributed by atoms with Gasteiger partial charge in [0.15, 0.2) is 0 Å². The number of amides is 2. The van der Waals surface area contributed by atoms with Gasteiger partial charge in [-0.2, -0.15) is 0 Å². The lowest BCUT2D eigenvalue weighted by molar-refractivity contribution is -0.126. The van der Waals surface area contributed by atoms with Crippen molar-refractivity contribution < 1.29 is 9.59 Å². The van der Waals surface area contributed by atoms with Gasteiger partial charge in [-0.05, 0) is 30.7 Å². The number of hydrogen-bond acceptors (Lipinski definition) is 2. The SMILES string of the molecule is CCCCCNC(=O)[C@@H]1CC(=O)N(c2ccc(Cl)cc2)C1. The first kappa shape index (κ1) is 15.8. The van der Waals surface area contributed by atoms with Crippen molar-refractivity contribution in [2.24, 2.45) is 5.92 Å². The molecule has 5 heteroatoms. The predicted octanol–water partition coefficient (Wildman–Crippen LogP) is 3.00. The number of unbranched alkanes of at least 4 members (excludes halogenated alkanes) is 2. The van der Waals surface area contributed by atoms with E-state index in [4.69, 9.17) is 11.6 Å². The fourth-order valence-corrected chi connectivity index (χ4v) is 2.61. The second-order valence-corrected chi connectivity index (χ2v) is 5.82. The molecule has 0 bridgehead atoms. The van der Waals surface area contributed by atoms with E-state index in [0.29, 0.717) is 18.1 Å². The standard InChI is InChI=1S/C16H21ClN2O2/c1-2-3-4-9-18-16(21)12-10-15(20)19(11-12)14-7-5-13(17)6-8-14/h5-8,12H,2-4,9-11H2,1H3,(H,18,21)/t12-/m1/s1. The van der Waals surface area contributed by atoms with Crippen molar-refractivity contribution in [1.82, 2.24) is 5.32 Å². The first-order chi connectivity index (χ1) is 10.1. The summed E-state index contributed by atoms with van der Waals surface area (Å²) in [6.45, 7) is 3.26. The maximum absolute atomic E-state index is 12.1. The molecule has 1 fully saturated rings. The van der Waals surface area contributed by atoms with Crippen LogP contribution in [-0.4, -0.2) is 24.9 Å². The third-order valence-corrected chi connectivity index (χ3v) is 3.97. The molecule has 114 valence electrons. The minimum atomic E-state index is -0.255. The molecule has 1 aliphatic heterocycles. The van der Waals surface area contributed by atoms with Crippen LogP contribution in [-0.2, 0) is 9.59 Å². The van der Waals surface area contributed by atoms with Gasteiger partial charge in [-0.1, -0.05) is 31.4 Å². The molecule has 0 unspecified atom stereocenters. The summed E-state index contributed by atoms with van der Waals surface area (Å²) in [6.07, 6.45) is 3.51. The Balaban J connectivity index is 1.90. The number of nitrogens with one attached hydrogen (secondary N) is 1. The van der Waals surface area contributed by atoms with E-state index in [1.807, 2.05) is 12.1 Å². The molecular weight excluding hydrogens is 288 g/mol. The van der Waals surface area contributed by atoms with Crippen LogP contribution in [0.4, 0.5) is 5.69 Å². The fraction of sp³-hybridized carbons (Fsp3) is 0.500. The van der Waals surface area contributed by atoms with Gasteiger partial charge in [-0.15, -0.1) is 0 Å². The highest BCUT2D eigenvalue weighted by atomic mass is 35.5. The smallest absolute Gasteiger partial charge is 0.227 e. The molecule has 0 saturated carbocycles. The molecular formula is C16H21ClN2O2. The zero-order chi connectivity index (χ0) is 15.2. The molecule has 2 rings (SSSR count). The molecule has 1 aromatic carbocycles. The van der Waals surface area contributed by atoms with Crippen LogP contribution in [0.25, 0.3) is 0 Å². The number of carbonyl (C=O) groups excluding carboxylic acids is 2. The second-order valence-electron chi connectivity index (χ2n) is 5.38. The van der Waals surface area contributed by atoms with Crippen LogP contribution >= 0.6 is 11.6 Å². The average Bonchev–Trinajstić information content (AvgIpc) is 2.86. The van der Waals surface area contributed by atoms with Crippen LogP contribution in [0, 0.1) is 5.92 Å². The van der Waals surface area contributed by atoms with Crippen molar-refractivity contribution in [3.05, 3.63) is 29.3 Å². The Bertz CT molecular complexity index is 502. The van der Waals surface area contributed by atoms with Crippen molar-refractivity contribution in [3.8, 4) is 0 Å². The maximum atomic E-state index is 12.1.